The van der Waals surface area contributed by atoms with Crippen molar-refractivity contribution < 1.29 is 4.79 Å². The molecule has 26 heavy (non-hydrogen) atoms. The van der Waals surface area contributed by atoms with Gasteiger partial charge in [0.05, 0.1) is 11.8 Å². The lowest BCUT2D eigenvalue weighted by Gasteiger charge is -2.27. The molecule has 2 aromatic rings. The van der Waals surface area contributed by atoms with Crippen molar-refractivity contribution in [1.29, 1.82) is 5.26 Å². The van der Waals surface area contributed by atoms with E-state index >= 15 is 0 Å². The lowest BCUT2D eigenvalue weighted by Crippen LogP contribution is -2.49. The molecule has 138 valence electrons. The summed E-state index contributed by atoms with van der Waals surface area (Å²) >= 11 is 2.71. The maximum absolute atomic E-state index is 12.1. The number of hydrogen-bond donors (Lipinski definition) is 2. The summed E-state index contributed by atoms with van der Waals surface area (Å²) in [4.78, 5) is 12.1. The minimum atomic E-state index is -0.867. The van der Waals surface area contributed by atoms with E-state index in [1.54, 1.807) is 6.92 Å². The van der Waals surface area contributed by atoms with Crippen LogP contribution in [0, 0.1) is 31.1 Å². The van der Waals surface area contributed by atoms with Gasteiger partial charge in [-0.1, -0.05) is 54.6 Å². The third kappa shape index (κ3) is 5.19. The number of rotatable bonds is 7. The van der Waals surface area contributed by atoms with E-state index < -0.39 is 5.54 Å². The summed E-state index contributed by atoms with van der Waals surface area (Å²) in [5.74, 6) is 0.0331. The molecule has 1 heterocycles. The summed E-state index contributed by atoms with van der Waals surface area (Å²) in [6.07, 6.45) is 0. The Morgan fingerprint density at radius 2 is 2.12 bits per heavy atom. The monoisotopic (exact) mass is 389 g/mol. The molecule has 0 bridgehead atoms. The summed E-state index contributed by atoms with van der Waals surface area (Å²) in [7, 11) is 0. The number of hydrogen-bond acceptors (Lipinski definition) is 7. The van der Waals surface area contributed by atoms with Gasteiger partial charge in [-0.15, -0.1) is 10.2 Å². The van der Waals surface area contributed by atoms with Gasteiger partial charge >= 0.3 is 0 Å². The van der Waals surface area contributed by atoms with Crippen LogP contribution in [0.25, 0.3) is 0 Å². The molecular formula is C18H23N5OS2. The van der Waals surface area contributed by atoms with Crippen LogP contribution in [0.4, 0.5) is 10.8 Å². The Kier molecular flexibility index (Phi) is 6.62. The number of aryl methyl sites for hydroxylation is 2. The Hall–Kier alpha value is -2.11. The van der Waals surface area contributed by atoms with Crippen molar-refractivity contribution >= 4 is 39.8 Å². The lowest BCUT2D eigenvalue weighted by molar-refractivity contribution is -0.120. The molecule has 0 unspecified atom stereocenters. The molecule has 0 spiro atoms. The second-order valence-electron chi connectivity index (χ2n) is 6.62. The number of carbonyl (C=O) groups excluding carboxylic acids is 1. The summed E-state index contributed by atoms with van der Waals surface area (Å²) < 4.78 is 0.704. The Bertz CT molecular complexity index is 827. The van der Waals surface area contributed by atoms with E-state index in [9.17, 15) is 10.1 Å². The van der Waals surface area contributed by atoms with Gasteiger partial charge in [0.25, 0.3) is 0 Å². The van der Waals surface area contributed by atoms with Crippen molar-refractivity contribution in [1.82, 2.24) is 15.5 Å². The SMILES string of the molecule is Cc1ccc(Nc2nnc(SCC(=O)N[C@](C)(C#N)C(C)C)s2)c(C)c1. The van der Waals surface area contributed by atoms with Gasteiger partial charge in [-0.05, 0) is 38.3 Å². The Morgan fingerprint density at radius 3 is 2.73 bits per heavy atom. The van der Waals surface area contributed by atoms with Crippen molar-refractivity contribution in [3.8, 4) is 6.07 Å². The van der Waals surface area contributed by atoms with E-state index in [4.69, 9.17) is 0 Å². The molecule has 8 heteroatoms. The molecule has 0 saturated heterocycles. The first-order valence-corrected chi connectivity index (χ1v) is 10.1. The molecule has 0 aliphatic carbocycles. The summed E-state index contributed by atoms with van der Waals surface area (Å²) in [6.45, 7) is 9.64. The molecule has 1 aromatic heterocycles. The highest BCUT2D eigenvalue weighted by molar-refractivity contribution is 8.01. The fourth-order valence-electron chi connectivity index (χ4n) is 2.14. The highest BCUT2D eigenvalue weighted by atomic mass is 32.2. The lowest BCUT2D eigenvalue weighted by atomic mass is 9.90. The fourth-order valence-corrected chi connectivity index (χ4v) is 3.71. The predicted octanol–water partition coefficient (Wildman–Crippen LogP) is 4.05. The van der Waals surface area contributed by atoms with Crippen LogP contribution in [-0.2, 0) is 4.79 Å². The maximum Gasteiger partial charge on any atom is 0.231 e. The highest BCUT2D eigenvalue weighted by Gasteiger charge is 2.29. The number of thioether (sulfide) groups is 1. The Balaban J connectivity index is 1.92. The molecule has 2 rings (SSSR count). The molecule has 0 saturated carbocycles. The number of amides is 1. The number of benzene rings is 1. The summed E-state index contributed by atoms with van der Waals surface area (Å²) in [5.41, 5.74) is 2.47. The molecule has 1 atom stereocenters. The van der Waals surface area contributed by atoms with Gasteiger partial charge in [-0.2, -0.15) is 5.26 Å². The van der Waals surface area contributed by atoms with E-state index in [1.807, 2.05) is 32.9 Å². The van der Waals surface area contributed by atoms with E-state index in [1.165, 1.54) is 28.7 Å². The van der Waals surface area contributed by atoms with Crippen LogP contribution in [0.5, 0.6) is 0 Å². The van der Waals surface area contributed by atoms with Crippen molar-refractivity contribution in [2.75, 3.05) is 11.1 Å². The molecule has 0 aliphatic heterocycles. The number of carbonyl (C=O) groups is 1. The average Bonchev–Trinajstić information content (AvgIpc) is 3.03. The van der Waals surface area contributed by atoms with E-state index in [2.05, 4.69) is 39.9 Å². The molecule has 0 fully saturated rings. The van der Waals surface area contributed by atoms with Crippen LogP contribution in [0.15, 0.2) is 22.5 Å². The quantitative estimate of drug-likeness (QED) is 0.694. The maximum atomic E-state index is 12.1. The number of nitrogens with one attached hydrogen (secondary N) is 2. The van der Waals surface area contributed by atoms with Crippen LogP contribution >= 0.6 is 23.1 Å². The van der Waals surface area contributed by atoms with Crippen LogP contribution in [0.3, 0.4) is 0 Å². The Morgan fingerprint density at radius 1 is 1.38 bits per heavy atom. The third-order valence-corrected chi connectivity index (χ3v) is 6.11. The van der Waals surface area contributed by atoms with E-state index in [0.717, 1.165) is 11.3 Å². The van der Waals surface area contributed by atoms with Crippen LogP contribution in [0.1, 0.15) is 31.9 Å². The van der Waals surface area contributed by atoms with Gasteiger partial charge in [0, 0.05) is 5.69 Å². The van der Waals surface area contributed by atoms with Gasteiger partial charge in [-0.25, -0.2) is 0 Å². The smallest absolute Gasteiger partial charge is 0.231 e. The van der Waals surface area contributed by atoms with Crippen molar-refractivity contribution in [2.24, 2.45) is 5.92 Å². The molecule has 1 aromatic carbocycles. The minimum Gasteiger partial charge on any atom is -0.337 e. The second-order valence-corrected chi connectivity index (χ2v) is 8.82. The van der Waals surface area contributed by atoms with Crippen LogP contribution in [0.2, 0.25) is 0 Å². The van der Waals surface area contributed by atoms with Crippen molar-refractivity contribution in [2.45, 2.75) is 44.5 Å². The van der Waals surface area contributed by atoms with Gasteiger partial charge in [0.2, 0.25) is 11.0 Å². The second kappa shape index (κ2) is 8.52. The Labute approximate surface area is 162 Å². The minimum absolute atomic E-state index is 0.0246. The average molecular weight is 390 g/mol. The summed E-state index contributed by atoms with van der Waals surface area (Å²) in [5, 5.41) is 24.2. The molecule has 1 amide bonds. The molecular weight excluding hydrogens is 366 g/mol. The highest BCUT2D eigenvalue weighted by Crippen LogP contribution is 2.29. The van der Waals surface area contributed by atoms with E-state index in [-0.39, 0.29) is 17.6 Å². The van der Waals surface area contributed by atoms with E-state index in [0.29, 0.717) is 9.47 Å². The third-order valence-electron chi connectivity index (χ3n) is 4.14. The number of nitrogens with zero attached hydrogens (tertiary/aromatic N) is 3. The van der Waals surface area contributed by atoms with Crippen molar-refractivity contribution in [3.05, 3.63) is 29.3 Å². The molecule has 6 nitrogen and oxygen atoms in total. The fraction of sp³-hybridized carbons (Fsp3) is 0.444. The standard InChI is InChI=1S/C18H23N5OS2/c1-11(2)18(5,10-19)21-15(24)9-25-17-23-22-16(26-17)20-14-7-6-12(3)8-13(14)4/h6-8,11H,9H2,1-5H3,(H,20,22)(H,21,24)/t18-/m1/s1. The first kappa shape index (κ1) is 20.2. The first-order chi connectivity index (χ1) is 12.2. The van der Waals surface area contributed by atoms with Crippen molar-refractivity contribution in [3.63, 3.8) is 0 Å². The van der Waals surface area contributed by atoms with Crippen LogP contribution in [-0.4, -0.2) is 27.4 Å². The summed E-state index contributed by atoms with van der Waals surface area (Å²) in [6, 6.07) is 8.33. The molecule has 0 radical (unpaired) electrons. The predicted molar refractivity (Wildman–Crippen MR) is 107 cm³/mol. The largest absolute Gasteiger partial charge is 0.337 e. The van der Waals surface area contributed by atoms with Gasteiger partial charge in [0.15, 0.2) is 4.34 Å². The number of nitriles is 1. The molecule has 0 aliphatic rings. The number of aromatic nitrogens is 2. The first-order valence-electron chi connectivity index (χ1n) is 8.26. The zero-order valence-corrected chi connectivity index (χ0v) is 17.2. The molecule has 2 N–H and O–H groups in total. The zero-order chi connectivity index (χ0) is 19.3. The number of anilines is 2. The van der Waals surface area contributed by atoms with Gasteiger partial charge in [0.1, 0.15) is 5.54 Å². The topological polar surface area (TPSA) is 90.7 Å². The van der Waals surface area contributed by atoms with Crippen LogP contribution < -0.4 is 10.6 Å². The normalized spacial score (nSPS) is 13.1. The van der Waals surface area contributed by atoms with Gasteiger partial charge in [-0.3, -0.25) is 4.79 Å². The zero-order valence-electron chi connectivity index (χ0n) is 15.6. The van der Waals surface area contributed by atoms with Gasteiger partial charge < -0.3 is 10.6 Å².